The maximum atomic E-state index is 11.0. The van der Waals surface area contributed by atoms with Gasteiger partial charge in [-0.25, -0.2) is 0 Å². The van der Waals surface area contributed by atoms with Crippen LogP contribution in [0.25, 0.3) is 0 Å². The number of primary amides is 1. The maximum Gasteiger partial charge on any atom is 0.323 e. The fourth-order valence-corrected chi connectivity index (χ4v) is 1.31. The van der Waals surface area contributed by atoms with E-state index >= 15 is 0 Å². The minimum absolute atomic E-state index is 0.344. The first-order chi connectivity index (χ1) is 6.73. The van der Waals surface area contributed by atoms with Crippen LogP contribution in [0.5, 0.6) is 0 Å². The van der Waals surface area contributed by atoms with Gasteiger partial charge in [0.05, 0.1) is 0 Å². The van der Waals surface area contributed by atoms with Gasteiger partial charge in [-0.2, -0.15) is 0 Å². The molecule has 0 aromatic rings. The maximum absolute atomic E-state index is 11.0. The van der Waals surface area contributed by atoms with Gasteiger partial charge in [0.2, 0.25) is 5.91 Å². The molecular weight excluding hydrogens is 196 g/mol. The average Bonchev–Trinajstić information content (AvgIpc) is 2.12. The van der Waals surface area contributed by atoms with Crippen molar-refractivity contribution < 1.29 is 14.7 Å². The normalized spacial score (nSPS) is 13.9. The molecule has 0 heterocycles. The summed E-state index contributed by atoms with van der Waals surface area (Å²) in [6, 6.07) is 0. The number of likely N-dealkylation sites (N-methyl/N-ethyl adjacent to an activating group) is 1. The Labute approximate surface area is 90.2 Å². The van der Waals surface area contributed by atoms with E-state index in [-0.39, 0.29) is 5.92 Å². The van der Waals surface area contributed by atoms with Crippen LogP contribution in [0, 0.1) is 5.92 Å². The van der Waals surface area contributed by atoms with E-state index in [1.807, 2.05) is 6.92 Å². The van der Waals surface area contributed by atoms with Gasteiger partial charge in [-0.1, -0.05) is 13.8 Å². The first-order valence-corrected chi connectivity index (χ1v) is 5.01. The molecule has 0 fully saturated rings. The molecule has 0 spiro atoms. The molecule has 5 heteroatoms. The number of hydrogen-bond donors (Lipinski definition) is 2. The van der Waals surface area contributed by atoms with Gasteiger partial charge in [0.25, 0.3) is 0 Å². The molecule has 1 atom stereocenters. The van der Waals surface area contributed by atoms with Crippen LogP contribution in [-0.2, 0) is 9.59 Å². The van der Waals surface area contributed by atoms with Crippen LogP contribution in [0.3, 0.4) is 0 Å². The summed E-state index contributed by atoms with van der Waals surface area (Å²) in [5.74, 6) is -1.65. The lowest BCUT2D eigenvalue weighted by molar-refractivity contribution is -0.150. The van der Waals surface area contributed by atoms with E-state index in [0.717, 1.165) is 0 Å². The van der Waals surface area contributed by atoms with Gasteiger partial charge in [0.1, 0.15) is 5.54 Å². The first-order valence-electron chi connectivity index (χ1n) is 5.01. The number of hydrogen-bond acceptors (Lipinski definition) is 3. The third kappa shape index (κ3) is 3.51. The molecule has 1 unspecified atom stereocenters. The van der Waals surface area contributed by atoms with Crippen LogP contribution in [0.2, 0.25) is 0 Å². The van der Waals surface area contributed by atoms with Crippen LogP contribution in [-0.4, -0.2) is 40.5 Å². The van der Waals surface area contributed by atoms with Crippen molar-refractivity contribution in [3.8, 4) is 0 Å². The SMILES string of the molecule is CCN(CC(C)C(N)=O)C(C)(C)C(=O)O. The van der Waals surface area contributed by atoms with Crippen molar-refractivity contribution >= 4 is 11.9 Å². The number of carbonyl (C=O) groups excluding carboxylic acids is 1. The fraction of sp³-hybridized carbons (Fsp3) is 0.800. The Morgan fingerprint density at radius 3 is 2.20 bits per heavy atom. The zero-order valence-electron chi connectivity index (χ0n) is 9.78. The molecule has 0 aliphatic heterocycles. The molecule has 0 aliphatic carbocycles. The first kappa shape index (κ1) is 13.9. The Bertz CT molecular complexity index is 251. The molecule has 0 bridgehead atoms. The monoisotopic (exact) mass is 216 g/mol. The van der Waals surface area contributed by atoms with E-state index < -0.39 is 17.4 Å². The van der Waals surface area contributed by atoms with E-state index in [9.17, 15) is 9.59 Å². The Morgan fingerprint density at radius 1 is 1.47 bits per heavy atom. The number of carbonyl (C=O) groups is 2. The minimum atomic E-state index is -0.974. The number of aliphatic carboxylic acids is 1. The van der Waals surface area contributed by atoms with Crippen LogP contribution in [0.15, 0.2) is 0 Å². The van der Waals surface area contributed by atoms with Crippen molar-refractivity contribution in [2.45, 2.75) is 33.2 Å². The van der Waals surface area contributed by atoms with E-state index in [1.54, 1.807) is 25.7 Å². The van der Waals surface area contributed by atoms with Crippen molar-refractivity contribution in [1.82, 2.24) is 4.90 Å². The third-order valence-corrected chi connectivity index (χ3v) is 2.68. The molecule has 3 N–H and O–H groups in total. The van der Waals surface area contributed by atoms with Gasteiger partial charge in [-0.3, -0.25) is 14.5 Å². The summed E-state index contributed by atoms with van der Waals surface area (Å²) in [5, 5.41) is 9.04. The molecule has 0 aromatic carbocycles. The van der Waals surface area contributed by atoms with E-state index in [1.165, 1.54) is 0 Å². The van der Waals surface area contributed by atoms with Gasteiger partial charge >= 0.3 is 5.97 Å². The number of carboxylic acid groups (broad SMARTS) is 1. The molecule has 0 saturated carbocycles. The molecular formula is C10H20N2O3. The second-order valence-corrected chi connectivity index (χ2v) is 4.21. The molecule has 0 radical (unpaired) electrons. The van der Waals surface area contributed by atoms with Gasteiger partial charge in [0, 0.05) is 12.5 Å². The highest BCUT2D eigenvalue weighted by Crippen LogP contribution is 2.16. The standard InChI is InChI=1S/C10H20N2O3/c1-5-12(6-7(2)8(11)13)10(3,4)9(14)15/h7H,5-6H2,1-4H3,(H2,11,13)(H,14,15). The topological polar surface area (TPSA) is 83.6 Å². The average molecular weight is 216 g/mol. The quantitative estimate of drug-likeness (QED) is 0.668. The lowest BCUT2D eigenvalue weighted by Gasteiger charge is -2.35. The van der Waals surface area contributed by atoms with Gasteiger partial charge in [0.15, 0.2) is 0 Å². The molecule has 88 valence electrons. The summed E-state index contributed by atoms with van der Waals surface area (Å²) < 4.78 is 0. The van der Waals surface area contributed by atoms with Gasteiger partial charge < -0.3 is 10.8 Å². The molecule has 15 heavy (non-hydrogen) atoms. The van der Waals surface area contributed by atoms with Crippen molar-refractivity contribution in [2.24, 2.45) is 11.7 Å². The smallest absolute Gasteiger partial charge is 0.323 e. The summed E-state index contributed by atoms with van der Waals surface area (Å²) in [6.07, 6.45) is 0. The molecule has 0 aliphatic rings. The predicted octanol–water partition coefficient (Wildman–Crippen LogP) is 0.293. The van der Waals surface area contributed by atoms with Crippen molar-refractivity contribution in [1.29, 1.82) is 0 Å². The van der Waals surface area contributed by atoms with Crippen LogP contribution >= 0.6 is 0 Å². The van der Waals surface area contributed by atoms with Crippen LogP contribution in [0.1, 0.15) is 27.7 Å². The lowest BCUT2D eigenvalue weighted by Crippen LogP contribution is -2.52. The van der Waals surface area contributed by atoms with Crippen LogP contribution in [0.4, 0.5) is 0 Å². The van der Waals surface area contributed by atoms with Crippen molar-refractivity contribution in [2.75, 3.05) is 13.1 Å². The highest BCUT2D eigenvalue weighted by molar-refractivity contribution is 5.78. The molecule has 1 amide bonds. The molecule has 0 saturated heterocycles. The zero-order chi connectivity index (χ0) is 12.2. The molecule has 0 aromatic heterocycles. The summed E-state index contributed by atoms with van der Waals surface area (Å²) in [6.45, 7) is 7.72. The summed E-state index contributed by atoms with van der Waals surface area (Å²) in [7, 11) is 0. The predicted molar refractivity (Wildman–Crippen MR) is 57.3 cm³/mol. The fourth-order valence-electron chi connectivity index (χ4n) is 1.31. The van der Waals surface area contributed by atoms with E-state index in [2.05, 4.69) is 0 Å². The number of carboxylic acids is 1. The third-order valence-electron chi connectivity index (χ3n) is 2.68. The summed E-state index contributed by atoms with van der Waals surface area (Å²) >= 11 is 0. The highest BCUT2D eigenvalue weighted by Gasteiger charge is 2.34. The summed E-state index contributed by atoms with van der Waals surface area (Å²) in [5.41, 5.74) is 4.17. The lowest BCUT2D eigenvalue weighted by atomic mass is 10.0. The molecule has 0 rings (SSSR count). The Kier molecular flexibility index (Phi) is 4.74. The minimum Gasteiger partial charge on any atom is -0.480 e. The number of amides is 1. The van der Waals surface area contributed by atoms with E-state index in [0.29, 0.717) is 13.1 Å². The van der Waals surface area contributed by atoms with Gasteiger partial charge in [-0.05, 0) is 20.4 Å². The number of nitrogens with two attached hydrogens (primary N) is 1. The Hall–Kier alpha value is -1.10. The number of rotatable bonds is 6. The Morgan fingerprint density at radius 2 is 1.93 bits per heavy atom. The highest BCUT2D eigenvalue weighted by atomic mass is 16.4. The second-order valence-electron chi connectivity index (χ2n) is 4.21. The Balaban J connectivity index is 4.63. The van der Waals surface area contributed by atoms with Crippen molar-refractivity contribution in [3.63, 3.8) is 0 Å². The second kappa shape index (κ2) is 5.11. The van der Waals surface area contributed by atoms with Crippen LogP contribution < -0.4 is 5.73 Å². The summed E-state index contributed by atoms with van der Waals surface area (Å²) in [4.78, 5) is 23.6. The van der Waals surface area contributed by atoms with Gasteiger partial charge in [-0.15, -0.1) is 0 Å². The van der Waals surface area contributed by atoms with E-state index in [4.69, 9.17) is 10.8 Å². The van der Waals surface area contributed by atoms with Crippen molar-refractivity contribution in [3.05, 3.63) is 0 Å². The number of nitrogens with zero attached hydrogens (tertiary/aromatic N) is 1. The zero-order valence-corrected chi connectivity index (χ0v) is 9.78. The largest absolute Gasteiger partial charge is 0.480 e. The molecule has 5 nitrogen and oxygen atoms in total.